The third-order valence-corrected chi connectivity index (χ3v) is 5.81. The molecule has 0 rings (SSSR count). The highest BCUT2D eigenvalue weighted by atomic mass is 28.4. The van der Waals surface area contributed by atoms with E-state index in [0.717, 1.165) is 12.6 Å². The van der Waals surface area contributed by atoms with Gasteiger partial charge in [0.15, 0.2) is 0 Å². The van der Waals surface area contributed by atoms with Crippen LogP contribution in [-0.2, 0) is 13.3 Å². The highest BCUT2D eigenvalue weighted by Crippen LogP contribution is 2.22. The normalized spacial score (nSPS) is 14.2. The summed E-state index contributed by atoms with van der Waals surface area (Å²) >= 11 is 0. The minimum absolute atomic E-state index is 0.0999. The zero-order valence-electron chi connectivity index (χ0n) is 12.5. The van der Waals surface area contributed by atoms with Crippen molar-refractivity contribution in [3.63, 3.8) is 0 Å². The Kier molecular flexibility index (Phi) is 9.89. The van der Waals surface area contributed by atoms with Gasteiger partial charge in [-0.2, -0.15) is 0 Å². The van der Waals surface area contributed by atoms with Crippen LogP contribution in [0.5, 0.6) is 0 Å². The Labute approximate surface area is 113 Å². The molecule has 0 unspecified atom stereocenters. The third-order valence-electron chi connectivity index (χ3n) is 2.32. The average Bonchev–Trinajstić information content (AvgIpc) is 2.26. The molecule has 0 amide bonds. The Balaban J connectivity index is 4.58. The number of rotatable bonds is 11. The average molecular weight is 278 g/mol. The first kappa shape index (κ1) is 18.0. The van der Waals surface area contributed by atoms with Crippen LogP contribution in [0, 0.1) is 5.92 Å². The minimum Gasteiger partial charge on any atom is -0.374 e. The maximum Gasteiger partial charge on any atom is 0.502 e. The molecule has 0 heterocycles. The van der Waals surface area contributed by atoms with Crippen molar-refractivity contribution in [1.29, 1.82) is 0 Å². The predicted octanol–water partition coefficient (Wildman–Crippen LogP) is 1.57. The number of nitrogens with one attached hydrogen (secondary N) is 1. The van der Waals surface area contributed by atoms with Gasteiger partial charge in [0, 0.05) is 32.3 Å². The molecule has 0 radical (unpaired) electrons. The Hall–Kier alpha value is 0.0169. The van der Waals surface area contributed by atoms with Gasteiger partial charge in [0.2, 0.25) is 0 Å². The van der Waals surface area contributed by atoms with E-state index in [4.69, 9.17) is 19.0 Å². The van der Waals surface area contributed by atoms with Gasteiger partial charge in [0.05, 0.1) is 6.23 Å². The van der Waals surface area contributed by atoms with Crippen molar-refractivity contribution < 1.29 is 13.3 Å². The van der Waals surface area contributed by atoms with Crippen LogP contribution < -0.4 is 11.1 Å². The SMILES string of the molecule is CCO[Si](CC(C)C)(OCC)O[C@H](C)NCCN. The minimum atomic E-state index is -2.57. The Bertz CT molecular complexity index is 200. The van der Waals surface area contributed by atoms with Gasteiger partial charge < -0.3 is 19.0 Å². The topological polar surface area (TPSA) is 65.7 Å². The lowest BCUT2D eigenvalue weighted by Crippen LogP contribution is -2.52. The van der Waals surface area contributed by atoms with Crippen molar-refractivity contribution in [1.82, 2.24) is 5.32 Å². The van der Waals surface area contributed by atoms with Gasteiger partial charge in [-0.25, -0.2) is 0 Å². The predicted molar refractivity (Wildman–Crippen MR) is 76.3 cm³/mol. The van der Waals surface area contributed by atoms with E-state index in [1.54, 1.807) is 0 Å². The van der Waals surface area contributed by atoms with Crippen LogP contribution in [0.15, 0.2) is 0 Å². The summed E-state index contributed by atoms with van der Waals surface area (Å²) in [4.78, 5) is 0. The monoisotopic (exact) mass is 278 g/mol. The molecular formula is C12H30N2O3Si. The Morgan fingerprint density at radius 2 is 1.67 bits per heavy atom. The summed E-state index contributed by atoms with van der Waals surface area (Å²) in [6.07, 6.45) is -0.0999. The quantitative estimate of drug-likeness (QED) is 0.443. The van der Waals surface area contributed by atoms with Gasteiger partial charge in [0.25, 0.3) is 0 Å². The maximum atomic E-state index is 6.06. The van der Waals surface area contributed by atoms with E-state index >= 15 is 0 Å². The van der Waals surface area contributed by atoms with Gasteiger partial charge in [-0.1, -0.05) is 13.8 Å². The lowest BCUT2D eigenvalue weighted by molar-refractivity contribution is 0.0247. The van der Waals surface area contributed by atoms with Crippen LogP contribution in [-0.4, -0.2) is 41.3 Å². The first-order chi connectivity index (χ1) is 8.49. The highest BCUT2D eigenvalue weighted by molar-refractivity contribution is 6.60. The van der Waals surface area contributed by atoms with Crippen molar-refractivity contribution in [2.24, 2.45) is 11.7 Å². The fraction of sp³-hybridized carbons (Fsp3) is 1.00. The van der Waals surface area contributed by atoms with Gasteiger partial charge >= 0.3 is 8.80 Å². The zero-order valence-corrected chi connectivity index (χ0v) is 13.5. The largest absolute Gasteiger partial charge is 0.502 e. The second kappa shape index (κ2) is 9.88. The summed E-state index contributed by atoms with van der Waals surface area (Å²) in [6.45, 7) is 12.8. The van der Waals surface area contributed by atoms with E-state index in [9.17, 15) is 0 Å². The standard InChI is InChI=1S/C12H30N2O3Si/c1-6-15-18(16-7-2,10-11(3)4)17-12(5)14-9-8-13/h11-12,14H,6-10,13H2,1-5H3/t12-/m1/s1. The molecule has 0 aromatic rings. The summed E-state index contributed by atoms with van der Waals surface area (Å²) in [5.74, 6) is 0.483. The molecule has 0 aromatic heterocycles. The van der Waals surface area contributed by atoms with Gasteiger partial charge in [0.1, 0.15) is 0 Å². The van der Waals surface area contributed by atoms with Crippen LogP contribution >= 0.6 is 0 Å². The molecule has 0 saturated heterocycles. The molecule has 0 aromatic carbocycles. The summed E-state index contributed by atoms with van der Waals surface area (Å²) in [6, 6.07) is 0.837. The van der Waals surface area contributed by atoms with Crippen LogP contribution in [0.3, 0.4) is 0 Å². The van der Waals surface area contributed by atoms with Crippen molar-refractivity contribution in [3.05, 3.63) is 0 Å². The van der Waals surface area contributed by atoms with E-state index in [2.05, 4.69) is 19.2 Å². The first-order valence-electron chi connectivity index (χ1n) is 6.88. The lowest BCUT2D eigenvalue weighted by atomic mass is 10.3. The Morgan fingerprint density at radius 3 is 2.06 bits per heavy atom. The summed E-state index contributed by atoms with van der Waals surface area (Å²) in [7, 11) is -2.57. The van der Waals surface area contributed by atoms with E-state index in [-0.39, 0.29) is 6.23 Å². The second-order valence-corrected chi connectivity index (χ2v) is 7.24. The molecule has 3 N–H and O–H groups in total. The van der Waals surface area contributed by atoms with Gasteiger partial charge in [-0.15, -0.1) is 0 Å². The van der Waals surface area contributed by atoms with Crippen molar-refractivity contribution in [2.75, 3.05) is 26.3 Å². The van der Waals surface area contributed by atoms with E-state index in [1.807, 2.05) is 20.8 Å². The van der Waals surface area contributed by atoms with Crippen molar-refractivity contribution in [3.8, 4) is 0 Å². The number of hydrogen-bond acceptors (Lipinski definition) is 5. The molecule has 0 bridgehead atoms. The molecule has 110 valence electrons. The third kappa shape index (κ3) is 7.45. The molecule has 1 atom stereocenters. The molecule has 0 fully saturated rings. The summed E-state index contributed by atoms with van der Waals surface area (Å²) in [5.41, 5.74) is 5.47. The van der Waals surface area contributed by atoms with Crippen LogP contribution in [0.4, 0.5) is 0 Å². The molecule has 0 aliphatic carbocycles. The summed E-state index contributed by atoms with van der Waals surface area (Å²) in [5, 5.41) is 3.21. The van der Waals surface area contributed by atoms with Gasteiger partial charge in [-0.3, -0.25) is 5.32 Å². The van der Waals surface area contributed by atoms with Crippen molar-refractivity contribution in [2.45, 2.75) is 46.9 Å². The molecule has 0 aliphatic heterocycles. The molecule has 0 aliphatic rings. The fourth-order valence-corrected chi connectivity index (χ4v) is 4.87. The lowest BCUT2D eigenvalue weighted by Gasteiger charge is -2.33. The van der Waals surface area contributed by atoms with E-state index in [0.29, 0.717) is 25.7 Å². The number of nitrogens with two attached hydrogens (primary N) is 1. The van der Waals surface area contributed by atoms with E-state index in [1.165, 1.54) is 0 Å². The zero-order chi connectivity index (χ0) is 14.0. The number of hydrogen-bond donors (Lipinski definition) is 2. The van der Waals surface area contributed by atoms with Crippen LogP contribution in [0.2, 0.25) is 6.04 Å². The molecule has 18 heavy (non-hydrogen) atoms. The molecule has 5 nitrogen and oxygen atoms in total. The van der Waals surface area contributed by atoms with Gasteiger partial charge in [-0.05, 0) is 26.7 Å². The molecular weight excluding hydrogens is 248 g/mol. The van der Waals surface area contributed by atoms with Crippen LogP contribution in [0.25, 0.3) is 0 Å². The highest BCUT2D eigenvalue weighted by Gasteiger charge is 2.42. The van der Waals surface area contributed by atoms with Crippen molar-refractivity contribution >= 4 is 8.80 Å². The smallest absolute Gasteiger partial charge is 0.374 e. The van der Waals surface area contributed by atoms with E-state index < -0.39 is 8.80 Å². The maximum absolute atomic E-state index is 6.06. The van der Waals surface area contributed by atoms with Crippen LogP contribution in [0.1, 0.15) is 34.6 Å². The molecule has 6 heteroatoms. The fourth-order valence-electron chi connectivity index (χ4n) is 1.81. The first-order valence-corrected chi connectivity index (χ1v) is 8.82. The second-order valence-electron chi connectivity index (χ2n) is 4.65. The molecule has 0 spiro atoms. The summed E-state index contributed by atoms with van der Waals surface area (Å²) < 4.78 is 17.8. The molecule has 0 saturated carbocycles. The Morgan fingerprint density at radius 1 is 1.11 bits per heavy atom.